The van der Waals surface area contributed by atoms with Crippen LogP contribution < -0.4 is 0 Å². The van der Waals surface area contributed by atoms with E-state index in [1.165, 1.54) is 6.33 Å². The fourth-order valence-corrected chi connectivity index (χ4v) is 1.60. The van der Waals surface area contributed by atoms with Crippen molar-refractivity contribution in [1.82, 2.24) is 24.8 Å². The van der Waals surface area contributed by atoms with Crippen molar-refractivity contribution in [3.63, 3.8) is 0 Å². The van der Waals surface area contributed by atoms with Crippen LogP contribution in [0.25, 0.3) is 5.65 Å². The number of nitrogens with zero attached hydrogens (tertiary/aromatic N) is 7. The molecule has 0 N–H and O–H groups in total. The second-order valence-corrected chi connectivity index (χ2v) is 3.97. The molecule has 0 saturated carbocycles. The first-order chi connectivity index (χ1) is 9.33. The summed E-state index contributed by atoms with van der Waals surface area (Å²) in [6.07, 6.45) is 3.26. The molecule has 7 heteroatoms. The molecule has 0 aromatic carbocycles. The zero-order valence-corrected chi connectivity index (χ0v) is 10.2. The summed E-state index contributed by atoms with van der Waals surface area (Å²) in [5, 5.41) is 20.1. The van der Waals surface area contributed by atoms with Crippen molar-refractivity contribution in [3.05, 3.63) is 48.5 Å². The maximum Gasteiger partial charge on any atom is 0.194 e. The number of rotatable bonds is 3. The fourth-order valence-electron chi connectivity index (χ4n) is 1.60. The molecule has 0 spiro atoms. The number of hydrogen-bond donors (Lipinski definition) is 0. The van der Waals surface area contributed by atoms with E-state index in [1.54, 1.807) is 22.8 Å². The summed E-state index contributed by atoms with van der Waals surface area (Å²) in [5.41, 5.74) is 1.55. The van der Waals surface area contributed by atoms with Crippen molar-refractivity contribution in [3.8, 4) is 0 Å². The van der Waals surface area contributed by atoms with Crippen LogP contribution in [0.15, 0.2) is 53.1 Å². The Morgan fingerprint density at radius 2 is 2.16 bits per heavy atom. The number of azo groups is 1. The topological polar surface area (TPSA) is 80.7 Å². The van der Waals surface area contributed by atoms with E-state index in [-0.39, 0.29) is 6.04 Å². The maximum atomic E-state index is 4.23. The van der Waals surface area contributed by atoms with Crippen molar-refractivity contribution >= 4 is 11.5 Å². The van der Waals surface area contributed by atoms with Crippen LogP contribution in [0.1, 0.15) is 18.7 Å². The summed E-state index contributed by atoms with van der Waals surface area (Å²) in [5.74, 6) is 0.509. The monoisotopic (exact) mass is 253 g/mol. The lowest BCUT2D eigenvalue weighted by molar-refractivity contribution is 0.728. The van der Waals surface area contributed by atoms with Gasteiger partial charge in [0.2, 0.25) is 0 Å². The van der Waals surface area contributed by atoms with Crippen molar-refractivity contribution in [2.75, 3.05) is 0 Å². The Labute approximate surface area is 109 Å². The first-order valence-electron chi connectivity index (χ1n) is 5.82. The smallest absolute Gasteiger partial charge is 0.194 e. The molecule has 0 amide bonds. The van der Waals surface area contributed by atoms with Crippen LogP contribution in [0, 0.1) is 0 Å². The van der Waals surface area contributed by atoms with E-state index in [0.717, 1.165) is 5.69 Å². The molecule has 3 heterocycles. The van der Waals surface area contributed by atoms with E-state index < -0.39 is 0 Å². The number of hydrogen-bond acceptors (Lipinski definition) is 6. The molecule has 0 aliphatic heterocycles. The molecule has 19 heavy (non-hydrogen) atoms. The lowest BCUT2D eigenvalue weighted by Crippen LogP contribution is -1.92. The Hall–Kier alpha value is -2.70. The number of pyridine rings is 1. The first-order valence-corrected chi connectivity index (χ1v) is 5.82. The summed E-state index contributed by atoms with van der Waals surface area (Å²) in [4.78, 5) is 4.23. The standard InChI is InChI=1S/C12H11N7/c1-9(10-4-2-3-7-13-10)15-16-11-5-6-12-17-14-8-19(12)18-11/h2-9H,1H3. The lowest BCUT2D eigenvalue weighted by Gasteiger charge is -2.02. The predicted octanol–water partition coefficient (Wildman–Crippen LogP) is 2.36. The van der Waals surface area contributed by atoms with Crippen LogP contribution >= 0.6 is 0 Å². The van der Waals surface area contributed by atoms with Gasteiger partial charge in [-0.05, 0) is 31.2 Å². The highest BCUT2D eigenvalue weighted by Gasteiger charge is 2.04. The Bertz CT molecular complexity index is 704. The van der Waals surface area contributed by atoms with E-state index in [2.05, 4.69) is 30.5 Å². The second-order valence-electron chi connectivity index (χ2n) is 3.97. The highest BCUT2D eigenvalue weighted by molar-refractivity contribution is 5.39. The zero-order chi connectivity index (χ0) is 13.1. The molecule has 3 aromatic heterocycles. The Kier molecular flexibility index (Phi) is 2.93. The van der Waals surface area contributed by atoms with Crippen molar-refractivity contribution < 1.29 is 0 Å². The van der Waals surface area contributed by atoms with Gasteiger partial charge in [-0.25, -0.2) is 0 Å². The minimum Gasteiger partial charge on any atom is -0.259 e. The molecule has 0 aliphatic carbocycles. The van der Waals surface area contributed by atoms with Crippen LogP contribution in [0.3, 0.4) is 0 Å². The zero-order valence-electron chi connectivity index (χ0n) is 10.2. The molecular weight excluding hydrogens is 242 g/mol. The minimum absolute atomic E-state index is 0.111. The van der Waals surface area contributed by atoms with Gasteiger partial charge in [0.25, 0.3) is 0 Å². The predicted molar refractivity (Wildman–Crippen MR) is 68.0 cm³/mol. The fraction of sp³-hybridized carbons (Fsp3) is 0.167. The summed E-state index contributed by atoms with van der Waals surface area (Å²) < 4.78 is 1.56. The third-order valence-corrected chi connectivity index (χ3v) is 2.60. The highest BCUT2D eigenvalue weighted by atomic mass is 15.4. The normalized spacial score (nSPS) is 13.1. The molecule has 1 unspecified atom stereocenters. The van der Waals surface area contributed by atoms with Crippen molar-refractivity contribution in [1.29, 1.82) is 0 Å². The van der Waals surface area contributed by atoms with Gasteiger partial charge >= 0.3 is 0 Å². The van der Waals surface area contributed by atoms with Gasteiger partial charge < -0.3 is 0 Å². The molecule has 0 fully saturated rings. The van der Waals surface area contributed by atoms with Crippen LogP contribution in [-0.4, -0.2) is 24.8 Å². The number of fused-ring (bicyclic) bond motifs is 1. The van der Waals surface area contributed by atoms with Crippen molar-refractivity contribution in [2.45, 2.75) is 13.0 Å². The second kappa shape index (κ2) is 4.89. The summed E-state index contributed by atoms with van der Waals surface area (Å²) in [6.45, 7) is 1.93. The Balaban J connectivity index is 1.82. The van der Waals surface area contributed by atoms with Crippen molar-refractivity contribution in [2.24, 2.45) is 10.2 Å². The summed E-state index contributed by atoms with van der Waals surface area (Å²) in [7, 11) is 0. The largest absolute Gasteiger partial charge is 0.259 e. The van der Waals surface area contributed by atoms with Gasteiger partial charge in [-0.15, -0.1) is 20.4 Å². The molecule has 7 nitrogen and oxygen atoms in total. The SMILES string of the molecule is CC(N=Nc1ccc2nncn2n1)c1ccccn1. The van der Waals surface area contributed by atoms with Crippen LogP contribution in [0.5, 0.6) is 0 Å². The molecule has 0 aliphatic rings. The highest BCUT2D eigenvalue weighted by Crippen LogP contribution is 2.17. The van der Waals surface area contributed by atoms with Gasteiger partial charge in [0.15, 0.2) is 11.5 Å². The first kappa shape index (κ1) is 11.4. The average molecular weight is 253 g/mol. The molecule has 3 rings (SSSR count). The summed E-state index contributed by atoms with van der Waals surface area (Å²) in [6, 6.07) is 9.14. The van der Waals surface area contributed by atoms with Crippen LogP contribution in [0.4, 0.5) is 5.82 Å². The third-order valence-electron chi connectivity index (χ3n) is 2.60. The van der Waals surface area contributed by atoms with E-state index in [0.29, 0.717) is 11.5 Å². The third kappa shape index (κ3) is 2.44. The molecular formula is C12H11N7. The van der Waals surface area contributed by atoms with Gasteiger partial charge in [0.05, 0.1) is 5.69 Å². The molecule has 0 saturated heterocycles. The van der Waals surface area contributed by atoms with Crippen LogP contribution in [-0.2, 0) is 0 Å². The molecule has 0 radical (unpaired) electrons. The number of aromatic nitrogens is 5. The molecule has 3 aromatic rings. The quantitative estimate of drug-likeness (QED) is 0.671. The van der Waals surface area contributed by atoms with Gasteiger partial charge in [-0.1, -0.05) is 6.07 Å². The molecule has 1 atom stereocenters. The minimum atomic E-state index is -0.111. The molecule has 94 valence electrons. The van der Waals surface area contributed by atoms with E-state index in [4.69, 9.17) is 0 Å². The van der Waals surface area contributed by atoms with Gasteiger partial charge in [0.1, 0.15) is 12.4 Å². The Morgan fingerprint density at radius 1 is 1.21 bits per heavy atom. The van der Waals surface area contributed by atoms with Gasteiger partial charge in [0, 0.05) is 6.20 Å². The van der Waals surface area contributed by atoms with Crippen LogP contribution in [0.2, 0.25) is 0 Å². The lowest BCUT2D eigenvalue weighted by atomic mass is 10.2. The Morgan fingerprint density at radius 3 is 3.00 bits per heavy atom. The van der Waals surface area contributed by atoms with E-state index in [9.17, 15) is 0 Å². The summed E-state index contributed by atoms with van der Waals surface area (Å²) >= 11 is 0. The van der Waals surface area contributed by atoms with Gasteiger partial charge in [-0.3, -0.25) is 4.98 Å². The van der Waals surface area contributed by atoms with E-state index >= 15 is 0 Å². The van der Waals surface area contributed by atoms with E-state index in [1.807, 2.05) is 25.1 Å². The molecule has 0 bridgehead atoms. The van der Waals surface area contributed by atoms with Gasteiger partial charge in [-0.2, -0.15) is 9.63 Å². The average Bonchev–Trinajstić information content (AvgIpc) is 2.93. The maximum absolute atomic E-state index is 4.23.